The van der Waals surface area contributed by atoms with Gasteiger partial charge in [0.2, 0.25) is 0 Å². The molecule has 2 saturated heterocycles. The molecule has 2 heterocycles. The normalized spacial score (nSPS) is 69.8. The van der Waals surface area contributed by atoms with E-state index in [1.807, 2.05) is 0 Å². The molecule has 2 saturated carbocycles. The van der Waals surface area contributed by atoms with E-state index in [1.165, 1.54) is 19.3 Å². The molecule has 2 bridgehead atoms. The SMILES string of the molecule is C1C2CC3C1OC1OC1C3C2. The van der Waals surface area contributed by atoms with Crippen LogP contribution in [-0.4, -0.2) is 18.5 Å². The summed E-state index contributed by atoms with van der Waals surface area (Å²) in [6.45, 7) is 0. The highest BCUT2D eigenvalue weighted by Gasteiger charge is 2.62. The van der Waals surface area contributed by atoms with Gasteiger partial charge in [0.15, 0.2) is 6.29 Å². The van der Waals surface area contributed by atoms with Crippen molar-refractivity contribution in [1.82, 2.24) is 0 Å². The standard InChI is InChI=1S/C9H12O2/c1-4-2-6-5(1)7(3-4)10-9-8(6)11-9/h4-9H,1-3H2. The Morgan fingerprint density at radius 2 is 1.82 bits per heavy atom. The lowest BCUT2D eigenvalue weighted by molar-refractivity contribution is -0.0616. The Balaban J connectivity index is 1.78. The monoisotopic (exact) mass is 152 g/mol. The second-order valence-electron chi connectivity index (χ2n) is 4.54. The van der Waals surface area contributed by atoms with Gasteiger partial charge in [-0.2, -0.15) is 0 Å². The van der Waals surface area contributed by atoms with Crippen LogP contribution in [0, 0.1) is 17.8 Å². The summed E-state index contributed by atoms with van der Waals surface area (Å²) >= 11 is 0. The van der Waals surface area contributed by atoms with Gasteiger partial charge < -0.3 is 9.47 Å². The zero-order valence-corrected chi connectivity index (χ0v) is 6.40. The average molecular weight is 152 g/mol. The number of hydrogen-bond acceptors (Lipinski definition) is 2. The molecule has 2 aliphatic carbocycles. The molecular formula is C9H12O2. The van der Waals surface area contributed by atoms with Crippen molar-refractivity contribution in [3.05, 3.63) is 0 Å². The Bertz CT molecular complexity index is 214. The summed E-state index contributed by atoms with van der Waals surface area (Å²) in [5.41, 5.74) is 0. The van der Waals surface area contributed by atoms with E-state index in [2.05, 4.69) is 0 Å². The zero-order valence-electron chi connectivity index (χ0n) is 6.40. The fourth-order valence-corrected chi connectivity index (χ4v) is 3.57. The summed E-state index contributed by atoms with van der Waals surface area (Å²) in [4.78, 5) is 0. The van der Waals surface area contributed by atoms with E-state index in [4.69, 9.17) is 9.47 Å². The molecule has 0 aromatic heterocycles. The molecular weight excluding hydrogens is 140 g/mol. The number of epoxide rings is 1. The van der Waals surface area contributed by atoms with Crippen molar-refractivity contribution in [1.29, 1.82) is 0 Å². The van der Waals surface area contributed by atoms with Crippen molar-refractivity contribution >= 4 is 0 Å². The lowest BCUT2D eigenvalue weighted by Crippen LogP contribution is -2.36. The Morgan fingerprint density at radius 1 is 0.909 bits per heavy atom. The molecule has 2 heteroatoms. The quantitative estimate of drug-likeness (QED) is 0.486. The maximum atomic E-state index is 5.76. The minimum Gasteiger partial charge on any atom is -0.346 e. The molecule has 2 nitrogen and oxygen atoms in total. The predicted molar refractivity (Wildman–Crippen MR) is 37.9 cm³/mol. The molecule has 4 rings (SSSR count). The van der Waals surface area contributed by atoms with Crippen LogP contribution < -0.4 is 0 Å². The molecule has 0 spiro atoms. The van der Waals surface area contributed by atoms with Crippen LogP contribution in [0.25, 0.3) is 0 Å². The van der Waals surface area contributed by atoms with E-state index in [-0.39, 0.29) is 6.29 Å². The molecule has 4 aliphatic rings. The lowest BCUT2D eigenvalue weighted by Gasteiger charge is -2.31. The van der Waals surface area contributed by atoms with Crippen LogP contribution in [0.2, 0.25) is 0 Å². The first-order chi connectivity index (χ1) is 5.42. The molecule has 0 aromatic rings. The summed E-state index contributed by atoms with van der Waals surface area (Å²) < 4.78 is 11.2. The minimum atomic E-state index is 0.222. The van der Waals surface area contributed by atoms with E-state index in [0.717, 1.165) is 17.8 Å². The largest absolute Gasteiger partial charge is 0.346 e. The summed E-state index contributed by atoms with van der Waals surface area (Å²) in [6, 6.07) is 0. The lowest BCUT2D eigenvalue weighted by atomic mass is 9.82. The molecule has 0 aromatic carbocycles. The van der Waals surface area contributed by atoms with Gasteiger partial charge in [0, 0.05) is 0 Å². The van der Waals surface area contributed by atoms with Crippen molar-refractivity contribution in [3.8, 4) is 0 Å². The Kier molecular flexibility index (Phi) is 0.758. The Labute approximate surface area is 65.9 Å². The number of ether oxygens (including phenoxy) is 2. The second kappa shape index (κ2) is 1.50. The maximum Gasteiger partial charge on any atom is 0.185 e. The Morgan fingerprint density at radius 3 is 2.73 bits per heavy atom. The first-order valence-electron chi connectivity index (χ1n) is 4.73. The van der Waals surface area contributed by atoms with Gasteiger partial charge in [-0.05, 0) is 37.0 Å². The van der Waals surface area contributed by atoms with E-state index < -0.39 is 0 Å². The molecule has 6 atom stereocenters. The van der Waals surface area contributed by atoms with E-state index in [0.29, 0.717) is 12.2 Å². The predicted octanol–water partition coefficient (Wildman–Crippen LogP) is 1.16. The first kappa shape index (κ1) is 5.55. The van der Waals surface area contributed by atoms with Crippen molar-refractivity contribution in [2.24, 2.45) is 17.8 Å². The molecule has 6 unspecified atom stereocenters. The molecule has 4 fully saturated rings. The van der Waals surface area contributed by atoms with Crippen molar-refractivity contribution in [2.45, 2.75) is 37.8 Å². The van der Waals surface area contributed by atoms with Gasteiger partial charge in [-0.25, -0.2) is 0 Å². The van der Waals surface area contributed by atoms with Crippen LogP contribution in [0.15, 0.2) is 0 Å². The van der Waals surface area contributed by atoms with Gasteiger partial charge in [-0.15, -0.1) is 0 Å². The van der Waals surface area contributed by atoms with Gasteiger partial charge in [0.1, 0.15) is 6.10 Å². The highest BCUT2D eigenvalue weighted by Crippen LogP contribution is 2.59. The molecule has 0 N–H and O–H groups in total. The highest BCUT2D eigenvalue weighted by molar-refractivity contribution is 5.06. The highest BCUT2D eigenvalue weighted by atomic mass is 16.8. The zero-order chi connectivity index (χ0) is 7.00. The molecule has 0 amide bonds. The summed E-state index contributed by atoms with van der Waals surface area (Å²) in [6.07, 6.45) is 5.52. The number of hydrogen-bond donors (Lipinski definition) is 0. The van der Waals surface area contributed by atoms with Gasteiger partial charge in [0.25, 0.3) is 0 Å². The topological polar surface area (TPSA) is 21.8 Å². The van der Waals surface area contributed by atoms with E-state index >= 15 is 0 Å². The summed E-state index contributed by atoms with van der Waals surface area (Å²) in [7, 11) is 0. The fourth-order valence-electron chi connectivity index (χ4n) is 3.57. The number of fused-ring (bicyclic) bond motifs is 3. The van der Waals surface area contributed by atoms with Crippen molar-refractivity contribution < 1.29 is 9.47 Å². The maximum absolute atomic E-state index is 5.76. The van der Waals surface area contributed by atoms with Gasteiger partial charge >= 0.3 is 0 Å². The molecule has 2 aliphatic heterocycles. The van der Waals surface area contributed by atoms with Crippen LogP contribution in [0.3, 0.4) is 0 Å². The smallest absolute Gasteiger partial charge is 0.185 e. The van der Waals surface area contributed by atoms with Crippen molar-refractivity contribution in [3.63, 3.8) is 0 Å². The third kappa shape index (κ3) is 0.541. The van der Waals surface area contributed by atoms with E-state index in [9.17, 15) is 0 Å². The Hall–Kier alpha value is -0.0800. The van der Waals surface area contributed by atoms with Crippen LogP contribution in [0.1, 0.15) is 19.3 Å². The first-order valence-corrected chi connectivity index (χ1v) is 4.73. The van der Waals surface area contributed by atoms with Crippen LogP contribution in [0.5, 0.6) is 0 Å². The van der Waals surface area contributed by atoms with Crippen LogP contribution in [-0.2, 0) is 9.47 Å². The van der Waals surface area contributed by atoms with Crippen molar-refractivity contribution in [2.75, 3.05) is 0 Å². The average Bonchev–Trinajstić information content (AvgIpc) is 2.52. The molecule has 0 radical (unpaired) electrons. The van der Waals surface area contributed by atoms with Gasteiger partial charge in [-0.1, -0.05) is 0 Å². The third-order valence-electron chi connectivity index (χ3n) is 4.02. The summed E-state index contributed by atoms with van der Waals surface area (Å²) in [5.74, 6) is 2.75. The molecule has 60 valence electrons. The van der Waals surface area contributed by atoms with Crippen LogP contribution >= 0.6 is 0 Å². The fraction of sp³-hybridized carbons (Fsp3) is 1.00. The van der Waals surface area contributed by atoms with Gasteiger partial charge in [0.05, 0.1) is 6.10 Å². The van der Waals surface area contributed by atoms with E-state index in [1.54, 1.807) is 0 Å². The third-order valence-corrected chi connectivity index (χ3v) is 4.02. The second-order valence-corrected chi connectivity index (χ2v) is 4.54. The summed E-state index contributed by atoms with van der Waals surface area (Å²) in [5, 5.41) is 0. The van der Waals surface area contributed by atoms with Gasteiger partial charge in [-0.3, -0.25) is 0 Å². The minimum absolute atomic E-state index is 0.222. The number of rotatable bonds is 0. The molecule has 11 heavy (non-hydrogen) atoms. The van der Waals surface area contributed by atoms with Crippen LogP contribution in [0.4, 0.5) is 0 Å².